The number of aliphatic hydroxyl groups is 1. The van der Waals surface area contributed by atoms with Gasteiger partial charge in [-0.25, -0.2) is 0 Å². The van der Waals surface area contributed by atoms with E-state index in [0.29, 0.717) is 17.4 Å². The van der Waals surface area contributed by atoms with Gasteiger partial charge in [0, 0.05) is 6.42 Å². The third-order valence-corrected chi connectivity index (χ3v) is 13.7. The fourth-order valence-corrected chi connectivity index (χ4v) is 9.11. The topological polar surface area (TPSA) is 108 Å². The number of hydrogen-bond donors (Lipinski definition) is 2. The molecular weight excluding hydrogens is 804 g/mol. The Bertz CT molecular complexity index is 1040. The van der Waals surface area contributed by atoms with Crippen LogP contribution < -0.4 is 10.2 Å². The minimum Gasteiger partial charge on any atom is -0.756 e. The molecule has 0 bridgehead atoms. The Labute approximate surface area is 392 Å². The van der Waals surface area contributed by atoms with Gasteiger partial charge in [-0.2, -0.15) is 0 Å². The summed E-state index contributed by atoms with van der Waals surface area (Å²) in [4.78, 5) is 25.4. The molecule has 0 aromatic carbocycles. The van der Waals surface area contributed by atoms with Gasteiger partial charge in [-0.15, -0.1) is 0 Å². The molecule has 0 saturated carbocycles. The van der Waals surface area contributed by atoms with Gasteiger partial charge in [-0.05, 0) is 19.3 Å². The summed E-state index contributed by atoms with van der Waals surface area (Å²) >= 11 is 0. The number of quaternary nitrogens is 1. The highest BCUT2D eigenvalue weighted by Crippen LogP contribution is 2.38. The van der Waals surface area contributed by atoms with Crippen LogP contribution in [0.3, 0.4) is 0 Å². The van der Waals surface area contributed by atoms with E-state index in [-0.39, 0.29) is 19.1 Å². The molecule has 8 nitrogen and oxygen atoms in total. The smallest absolute Gasteiger partial charge is 0.268 e. The molecule has 0 aliphatic heterocycles. The van der Waals surface area contributed by atoms with Crippen LogP contribution in [0.25, 0.3) is 0 Å². The van der Waals surface area contributed by atoms with E-state index in [1.165, 1.54) is 218 Å². The van der Waals surface area contributed by atoms with E-state index in [2.05, 4.69) is 19.2 Å². The molecular formula is C54H109N2O6P. The fraction of sp³-hybridized carbons (Fsp3) is 0.944. The molecule has 1 unspecified atom stereocenters. The monoisotopic (exact) mass is 913 g/mol. The number of carbonyl (C=O) groups is 1. The van der Waals surface area contributed by atoms with Crippen LogP contribution in [0.4, 0.5) is 0 Å². The highest BCUT2D eigenvalue weighted by molar-refractivity contribution is 7.45. The minimum atomic E-state index is -4.59. The van der Waals surface area contributed by atoms with Crippen molar-refractivity contribution >= 4 is 13.7 Å². The predicted molar refractivity (Wildman–Crippen MR) is 270 cm³/mol. The SMILES string of the molecule is CCCCCCCCCCCCCCC/C=C/[C@@H](O)[C@H](COP(=O)([O-])OCC[N+](C)(C)C)NC(=O)CCCCCCCCCCCCCCCCCCCCCCCCCCCC. The number of amides is 1. The molecule has 9 heteroatoms. The molecule has 0 aliphatic carbocycles. The molecule has 0 saturated heterocycles. The van der Waals surface area contributed by atoms with Crippen molar-refractivity contribution in [1.82, 2.24) is 5.32 Å². The lowest BCUT2D eigenvalue weighted by molar-refractivity contribution is -0.870. The van der Waals surface area contributed by atoms with Crippen molar-refractivity contribution < 1.29 is 32.9 Å². The number of carbonyl (C=O) groups excluding carboxylic acids is 1. The van der Waals surface area contributed by atoms with Crippen LogP contribution in [0.1, 0.15) is 277 Å². The van der Waals surface area contributed by atoms with Gasteiger partial charge in [0.1, 0.15) is 13.2 Å². The summed E-state index contributed by atoms with van der Waals surface area (Å²) in [7, 11) is 1.28. The second kappa shape index (κ2) is 46.4. The Hall–Kier alpha value is -0.760. The van der Waals surface area contributed by atoms with Crippen LogP contribution in [0, 0.1) is 0 Å². The first-order valence-corrected chi connectivity index (χ1v) is 29.0. The molecule has 0 fully saturated rings. The molecule has 63 heavy (non-hydrogen) atoms. The van der Waals surface area contributed by atoms with Crippen LogP contribution in [0.2, 0.25) is 0 Å². The van der Waals surface area contributed by atoms with E-state index in [1.54, 1.807) is 6.08 Å². The van der Waals surface area contributed by atoms with E-state index in [9.17, 15) is 19.4 Å². The summed E-state index contributed by atoms with van der Waals surface area (Å²) in [6.45, 7) is 4.69. The maximum absolute atomic E-state index is 12.9. The van der Waals surface area contributed by atoms with E-state index in [4.69, 9.17) is 9.05 Å². The van der Waals surface area contributed by atoms with Crippen molar-refractivity contribution in [3.05, 3.63) is 12.2 Å². The van der Waals surface area contributed by atoms with E-state index in [0.717, 1.165) is 38.5 Å². The van der Waals surface area contributed by atoms with Gasteiger partial charge in [0.25, 0.3) is 7.82 Å². The molecule has 2 N–H and O–H groups in total. The predicted octanol–water partition coefficient (Wildman–Crippen LogP) is 15.6. The lowest BCUT2D eigenvalue weighted by Gasteiger charge is -2.29. The summed E-state index contributed by atoms with van der Waals surface area (Å²) in [6, 6.07) is -0.881. The van der Waals surface area contributed by atoms with E-state index < -0.39 is 20.0 Å². The molecule has 376 valence electrons. The second-order valence-electron chi connectivity index (χ2n) is 20.3. The van der Waals surface area contributed by atoms with E-state index >= 15 is 0 Å². The van der Waals surface area contributed by atoms with E-state index in [1.807, 2.05) is 27.2 Å². The van der Waals surface area contributed by atoms with Gasteiger partial charge in [0.2, 0.25) is 5.91 Å². The van der Waals surface area contributed by atoms with Crippen molar-refractivity contribution in [2.75, 3.05) is 40.9 Å². The Balaban J connectivity index is 4.13. The molecule has 0 aromatic rings. The number of rotatable bonds is 51. The van der Waals surface area contributed by atoms with Crippen molar-refractivity contribution in [1.29, 1.82) is 0 Å². The van der Waals surface area contributed by atoms with Crippen molar-refractivity contribution in [3.63, 3.8) is 0 Å². The van der Waals surface area contributed by atoms with Crippen molar-refractivity contribution in [2.24, 2.45) is 0 Å². The van der Waals surface area contributed by atoms with Gasteiger partial charge < -0.3 is 28.8 Å². The quantitative estimate of drug-likeness (QED) is 0.0272. The number of nitrogens with one attached hydrogen (secondary N) is 1. The summed E-state index contributed by atoms with van der Waals surface area (Å²) in [5.41, 5.74) is 0. The standard InChI is InChI=1S/C54H109N2O6P/c1-6-8-10-12-14-16-18-20-22-23-24-25-26-27-28-29-30-31-32-34-36-38-40-42-44-46-48-54(58)55-52(51-62-63(59,60)61-50-49-56(3,4)5)53(57)47-45-43-41-39-37-35-33-21-19-17-15-13-11-9-7-2/h45,47,52-53,57H,6-44,46,48-51H2,1-5H3,(H-,55,58,59,60)/b47-45+/t52-,53+/m0/s1. The maximum Gasteiger partial charge on any atom is 0.268 e. The van der Waals surface area contributed by atoms with Crippen LogP contribution >= 0.6 is 7.82 Å². The molecule has 0 aliphatic rings. The second-order valence-corrected chi connectivity index (χ2v) is 21.7. The number of aliphatic hydroxyl groups excluding tert-OH is 1. The van der Waals surface area contributed by atoms with Crippen LogP contribution in [-0.2, 0) is 18.4 Å². The first-order valence-electron chi connectivity index (χ1n) is 27.6. The first-order chi connectivity index (χ1) is 30.5. The summed E-state index contributed by atoms with van der Waals surface area (Å²) in [5, 5.41) is 13.9. The maximum atomic E-state index is 12.9. The number of allylic oxidation sites excluding steroid dienone is 1. The van der Waals surface area contributed by atoms with Gasteiger partial charge in [-0.1, -0.05) is 264 Å². The average Bonchev–Trinajstić information content (AvgIpc) is 3.24. The highest BCUT2D eigenvalue weighted by atomic mass is 31.2. The van der Waals surface area contributed by atoms with Crippen molar-refractivity contribution in [2.45, 2.75) is 289 Å². The highest BCUT2D eigenvalue weighted by Gasteiger charge is 2.23. The minimum absolute atomic E-state index is 0.00248. The lowest BCUT2D eigenvalue weighted by atomic mass is 10.0. The van der Waals surface area contributed by atoms with Gasteiger partial charge in [-0.3, -0.25) is 9.36 Å². The molecule has 0 aromatic heterocycles. The molecule has 0 radical (unpaired) electrons. The number of nitrogens with zero attached hydrogens (tertiary/aromatic N) is 1. The third-order valence-electron chi connectivity index (χ3n) is 12.7. The van der Waals surface area contributed by atoms with Crippen molar-refractivity contribution in [3.8, 4) is 0 Å². The Morgan fingerprint density at radius 2 is 0.857 bits per heavy atom. The Kier molecular flexibility index (Phi) is 45.8. The Morgan fingerprint density at radius 1 is 0.540 bits per heavy atom. The zero-order valence-corrected chi connectivity index (χ0v) is 43.7. The normalized spacial score (nSPS) is 14.1. The number of phosphoric ester groups is 1. The van der Waals surface area contributed by atoms with Gasteiger partial charge in [0.05, 0.1) is 39.9 Å². The molecule has 3 atom stereocenters. The largest absolute Gasteiger partial charge is 0.756 e. The summed E-state index contributed by atoms with van der Waals surface area (Å²) in [5.74, 6) is -0.191. The fourth-order valence-electron chi connectivity index (χ4n) is 8.39. The number of phosphoric acid groups is 1. The molecule has 1 amide bonds. The first kappa shape index (κ1) is 62.2. The summed E-state index contributed by atoms with van der Waals surface area (Å²) in [6.07, 6.45) is 55.7. The van der Waals surface area contributed by atoms with Crippen LogP contribution in [0.5, 0.6) is 0 Å². The van der Waals surface area contributed by atoms with Crippen LogP contribution in [-0.4, -0.2) is 68.5 Å². The lowest BCUT2D eigenvalue weighted by Crippen LogP contribution is -2.45. The molecule has 0 rings (SSSR count). The zero-order valence-electron chi connectivity index (χ0n) is 42.8. The number of hydrogen-bond acceptors (Lipinski definition) is 6. The third kappa shape index (κ3) is 49.0. The van der Waals surface area contributed by atoms with Gasteiger partial charge in [0.15, 0.2) is 0 Å². The Morgan fingerprint density at radius 3 is 1.19 bits per heavy atom. The number of unbranched alkanes of at least 4 members (excludes halogenated alkanes) is 38. The molecule has 0 spiro atoms. The van der Waals surface area contributed by atoms with Crippen LogP contribution in [0.15, 0.2) is 12.2 Å². The zero-order chi connectivity index (χ0) is 46.4. The average molecular weight is 913 g/mol. The van der Waals surface area contributed by atoms with Gasteiger partial charge >= 0.3 is 0 Å². The number of likely N-dealkylation sites (N-methyl/N-ethyl adjacent to an activating group) is 1. The molecule has 0 heterocycles. The summed E-state index contributed by atoms with van der Waals surface area (Å²) < 4.78 is 23.3.